The second-order valence-electron chi connectivity index (χ2n) is 7.59. The van der Waals surface area contributed by atoms with Gasteiger partial charge in [-0.25, -0.2) is 8.78 Å². The van der Waals surface area contributed by atoms with Crippen LogP contribution in [0.5, 0.6) is 0 Å². The third-order valence-corrected chi connectivity index (χ3v) is 4.84. The number of nitrogens with one attached hydrogen (secondary N) is 3. The van der Waals surface area contributed by atoms with E-state index in [9.17, 15) is 13.6 Å². The first-order valence-electron chi connectivity index (χ1n) is 10.2. The summed E-state index contributed by atoms with van der Waals surface area (Å²) < 4.78 is 27.1. The molecule has 0 radical (unpaired) electrons. The molecule has 164 valence electrons. The van der Waals surface area contributed by atoms with Crippen molar-refractivity contribution in [3.8, 4) is 0 Å². The minimum Gasteiger partial charge on any atom is -0.357 e. The molecule has 0 aliphatic heterocycles. The van der Waals surface area contributed by atoms with E-state index in [2.05, 4.69) is 20.9 Å². The van der Waals surface area contributed by atoms with Crippen molar-refractivity contribution in [2.24, 2.45) is 10.9 Å². The van der Waals surface area contributed by atoms with E-state index in [1.54, 1.807) is 6.07 Å². The summed E-state index contributed by atoms with van der Waals surface area (Å²) in [4.78, 5) is 16.8. The Kier molecular flexibility index (Phi) is 11.4. The number of hydrogen-bond acceptors (Lipinski definition) is 2. The van der Waals surface area contributed by atoms with Crippen LogP contribution in [0.1, 0.15) is 52.0 Å². The molecule has 0 spiro atoms. The van der Waals surface area contributed by atoms with E-state index in [1.807, 2.05) is 20.8 Å². The average molecular weight is 522 g/mol. The highest BCUT2D eigenvalue weighted by atomic mass is 127. The smallest absolute Gasteiger partial charge is 0.223 e. The molecule has 1 amide bonds. The molecule has 0 aromatic heterocycles. The highest BCUT2D eigenvalue weighted by molar-refractivity contribution is 14.0. The number of nitrogens with zero attached hydrogens (tertiary/aromatic N) is 1. The minimum absolute atomic E-state index is 0. The Labute approximate surface area is 189 Å². The van der Waals surface area contributed by atoms with Crippen LogP contribution >= 0.6 is 24.0 Å². The Balaban J connectivity index is 0.00000420. The SMILES string of the molecule is CCNC(=NCCc1cccc(F)c1F)NC1CCCC(C(=O)NC(C)C)C1.I. The molecular formula is C21H33F2IN4O. The zero-order chi connectivity index (χ0) is 20.5. The van der Waals surface area contributed by atoms with Gasteiger partial charge in [0.15, 0.2) is 17.6 Å². The Bertz CT molecular complexity index is 685. The molecule has 2 atom stereocenters. The van der Waals surface area contributed by atoms with Gasteiger partial charge in [0.1, 0.15) is 0 Å². The van der Waals surface area contributed by atoms with Crippen LogP contribution < -0.4 is 16.0 Å². The number of rotatable bonds is 7. The highest BCUT2D eigenvalue weighted by Crippen LogP contribution is 2.24. The molecule has 1 aromatic rings. The molecule has 1 aliphatic rings. The van der Waals surface area contributed by atoms with E-state index in [0.29, 0.717) is 31.0 Å². The standard InChI is InChI=1S/C21H32F2N4O.HI/c1-4-24-21(25-12-11-15-7-6-10-18(22)19(15)23)27-17-9-5-8-16(13-17)20(28)26-14(2)3;/h6-7,10,14,16-17H,4-5,8-9,11-13H2,1-3H3,(H,26,28)(H2,24,25,27);1H. The van der Waals surface area contributed by atoms with Gasteiger partial charge in [0.05, 0.1) is 0 Å². The largest absolute Gasteiger partial charge is 0.357 e. The minimum atomic E-state index is -0.834. The molecule has 0 heterocycles. The third-order valence-electron chi connectivity index (χ3n) is 4.84. The summed E-state index contributed by atoms with van der Waals surface area (Å²) in [7, 11) is 0. The third kappa shape index (κ3) is 8.44. The Morgan fingerprint density at radius 2 is 2.03 bits per heavy atom. The second kappa shape index (κ2) is 13.0. The first kappa shape index (κ1) is 25.6. The van der Waals surface area contributed by atoms with Crippen molar-refractivity contribution in [2.75, 3.05) is 13.1 Å². The molecule has 2 unspecified atom stereocenters. The van der Waals surface area contributed by atoms with Gasteiger partial charge in [-0.1, -0.05) is 18.6 Å². The highest BCUT2D eigenvalue weighted by Gasteiger charge is 2.28. The van der Waals surface area contributed by atoms with Gasteiger partial charge in [0, 0.05) is 31.1 Å². The molecule has 3 N–H and O–H groups in total. The van der Waals surface area contributed by atoms with Crippen LogP contribution in [0, 0.1) is 17.6 Å². The van der Waals surface area contributed by atoms with Crippen molar-refractivity contribution < 1.29 is 13.6 Å². The predicted molar refractivity (Wildman–Crippen MR) is 124 cm³/mol. The van der Waals surface area contributed by atoms with Crippen molar-refractivity contribution >= 4 is 35.8 Å². The monoisotopic (exact) mass is 522 g/mol. The van der Waals surface area contributed by atoms with E-state index in [-0.39, 0.29) is 47.9 Å². The van der Waals surface area contributed by atoms with Crippen LogP contribution in [0.2, 0.25) is 0 Å². The molecule has 2 rings (SSSR count). The van der Waals surface area contributed by atoms with Crippen molar-refractivity contribution in [3.05, 3.63) is 35.4 Å². The second-order valence-corrected chi connectivity index (χ2v) is 7.59. The fraction of sp³-hybridized carbons (Fsp3) is 0.619. The van der Waals surface area contributed by atoms with Gasteiger partial charge in [-0.15, -0.1) is 24.0 Å². The quantitative estimate of drug-likeness (QED) is 0.290. The zero-order valence-corrected chi connectivity index (χ0v) is 19.8. The van der Waals surface area contributed by atoms with Gasteiger partial charge in [0.2, 0.25) is 5.91 Å². The first-order valence-corrected chi connectivity index (χ1v) is 10.2. The van der Waals surface area contributed by atoms with Crippen LogP contribution in [-0.4, -0.2) is 37.0 Å². The maximum atomic E-state index is 13.8. The Morgan fingerprint density at radius 1 is 1.28 bits per heavy atom. The number of halogens is 3. The van der Waals surface area contributed by atoms with E-state index < -0.39 is 11.6 Å². The number of carbonyl (C=O) groups excluding carboxylic acids is 1. The van der Waals surface area contributed by atoms with Gasteiger partial charge >= 0.3 is 0 Å². The number of amides is 1. The molecule has 5 nitrogen and oxygen atoms in total. The Morgan fingerprint density at radius 3 is 2.72 bits per heavy atom. The van der Waals surface area contributed by atoms with Crippen molar-refractivity contribution in [2.45, 2.75) is 65.0 Å². The Hall–Kier alpha value is -1.45. The molecule has 8 heteroatoms. The maximum absolute atomic E-state index is 13.8. The number of guanidine groups is 1. The summed E-state index contributed by atoms with van der Waals surface area (Å²) >= 11 is 0. The summed E-state index contributed by atoms with van der Waals surface area (Å²) in [6, 6.07) is 4.50. The van der Waals surface area contributed by atoms with E-state index in [4.69, 9.17) is 0 Å². The molecule has 29 heavy (non-hydrogen) atoms. The lowest BCUT2D eigenvalue weighted by Crippen LogP contribution is -2.47. The van der Waals surface area contributed by atoms with Crippen LogP contribution in [0.4, 0.5) is 8.78 Å². The summed E-state index contributed by atoms with van der Waals surface area (Å²) in [6.07, 6.45) is 3.96. The first-order chi connectivity index (χ1) is 13.4. The summed E-state index contributed by atoms with van der Waals surface area (Å²) in [5, 5.41) is 9.58. The number of hydrogen-bond donors (Lipinski definition) is 3. The number of aliphatic imine (C=N–C) groups is 1. The van der Waals surface area contributed by atoms with Crippen molar-refractivity contribution in [3.63, 3.8) is 0 Å². The van der Waals surface area contributed by atoms with Gasteiger partial charge in [-0.2, -0.15) is 0 Å². The summed E-state index contributed by atoms with van der Waals surface area (Å²) in [6.45, 7) is 6.95. The summed E-state index contributed by atoms with van der Waals surface area (Å²) in [5.41, 5.74) is 0.322. The number of benzene rings is 1. The fourth-order valence-electron chi connectivity index (χ4n) is 3.50. The van der Waals surface area contributed by atoms with E-state index in [0.717, 1.165) is 31.7 Å². The lowest BCUT2D eigenvalue weighted by atomic mass is 9.85. The molecule has 1 saturated carbocycles. The van der Waals surface area contributed by atoms with Gasteiger partial charge < -0.3 is 16.0 Å². The van der Waals surface area contributed by atoms with Crippen LogP contribution in [0.3, 0.4) is 0 Å². The lowest BCUT2D eigenvalue weighted by Gasteiger charge is -2.30. The molecule has 1 aromatic carbocycles. The van der Waals surface area contributed by atoms with Crippen molar-refractivity contribution in [1.29, 1.82) is 0 Å². The predicted octanol–water partition coefficient (Wildman–Crippen LogP) is 3.76. The van der Waals surface area contributed by atoms with Gasteiger partial charge in [-0.3, -0.25) is 9.79 Å². The van der Waals surface area contributed by atoms with Crippen LogP contribution in [-0.2, 0) is 11.2 Å². The number of carbonyl (C=O) groups is 1. The van der Waals surface area contributed by atoms with Gasteiger partial charge in [-0.05, 0) is 58.1 Å². The molecule has 1 fully saturated rings. The summed E-state index contributed by atoms with van der Waals surface area (Å²) in [5.74, 6) is -0.862. The normalized spacial score (nSPS) is 19.4. The molecule has 0 bridgehead atoms. The lowest BCUT2D eigenvalue weighted by molar-refractivity contribution is -0.126. The zero-order valence-electron chi connectivity index (χ0n) is 17.4. The molecular weight excluding hydrogens is 489 g/mol. The van der Waals surface area contributed by atoms with E-state index >= 15 is 0 Å². The topological polar surface area (TPSA) is 65.5 Å². The van der Waals surface area contributed by atoms with Gasteiger partial charge in [0.25, 0.3) is 0 Å². The van der Waals surface area contributed by atoms with E-state index in [1.165, 1.54) is 6.07 Å². The van der Waals surface area contributed by atoms with Crippen molar-refractivity contribution in [1.82, 2.24) is 16.0 Å². The molecule has 0 saturated heterocycles. The molecule has 1 aliphatic carbocycles. The van der Waals surface area contributed by atoms with Crippen LogP contribution in [0.25, 0.3) is 0 Å². The average Bonchev–Trinajstić information content (AvgIpc) is 2.65. The maximum Gasteiger partial charge on any atom is 0.223 e. The van der Waals surface area contributed by atoms with Crippen LogP contribution in [0.15, 0.2) is 23.2 Å². The fourth-order valence-corrected chi connectivity index (χ4v) is 3.50.